The van der Waals surface area contributed by atoms with Crippen LogP contribution >= 0.6 is 0 Å². The van der Waals surface area contributed by atoms with E-state index in [0.717, 1.165) is 0 Å². The summed E-state index contributed by atoms with van der Waals surface area (Å²) in [6.45, 7) is 1.32. The number of benzene rings is 1. The Hall–Kier alpha value is -2.32. The first-order valence-electron chi connectivity index (χ1n) is 5.81. The number of rotatable bonds is 3. The van der Waals surface area contributed by atoms with Gasteiger partial charge >= 0.3 is 0 Å². The number of likely N-dealkylation sites (N-methyl/N-ethyl adjacent to an activating group) is 1. The first kappa shape index (κ1) is 14.7. The normalized spacial score (nSPS) is 10.9. The standard InChI is InChI=1S/C14H16N2O3/c1-10(13(18)15-2)16-14(19)12-8-4-3-6-11(12)7-5-9-17/h3-4,6,8,10,17H,9H2,1-2H3,(H,15,18)(H,16,19). The van der Waals surface area contributed by atoms with Crippen molar-refractivity contribution in [3.63, 3.8) is 0 Å². The smallest absolute Gasteiger partial charge is 0.253 e. The van der Waals surface area contributed by atoms with E-state index < -0.39 is 6.04 Å². The van der Waals surface area contributed by atoms with Gasteiger partial charge in [0.15, 0.2) is 0 Å². The highest BCUT2D eigenvalue weighted by Crippen LogP contribution is 2.07. The number of aliphatic hydroxyl groups excluding tert-OH is 1. The molecule has 5 nitrogen and oxygen atoms in total. The van der Waals surface area contributed by atoms with Crippen LogP contribution in [-0.4, -0.2) is 36.6 Å². The van der Waals surface area contributed by atoms with Gasteiger partial charge in [-0.15, -0.1) is 0 Å². The van der Waals surface area contributed by atoms with E-state index in [-0.39, 0.29) is 18.4 Å². The summed E-state index contributed by atoms with van der Waals surface area (Å²) in [7, 11) is 1.51. The zero-order valence-electron chi connectivity index (χ0n) is 10.9. The van der Waals surface area contributed by atoms with E-state index >= 15 is 0 Å². The Morgan fingerprint density at radius 1 is 1.37 bits per heavy atom. The minimum atomic E-state index is -0.628. The molecule has 0 bridgehead atoms. The van der Waals surface area contributed by atoms with E-state index in [1.807, 2.05) is 0 Å². The molecule has 0 aliphatic carbocycles. The van der Waals surface area contributed by atoms with Crippen molar-refractivity contribution < 1.29 is 14.7 Å². The molecule has 0 fully saturated rings. The maximum atomic E-state index is 12.0. The zero-order valence-corrected chi connectivity index (χ0v) is 10.9. The van der Waals surface area contributed by atoms with E-state index in [0.29, 0.717) is 11.1 Å². The molecule has 5 heteroatoms. The van der Waals surface area contributed by atoms with Gasteiger partial charge in [0.1, 0.15) is 12.6 Å². The predicted molar refractivity (Wildman–Crippen MR) is 71.4 cm³/mol. The lowest BCUT2D eigenvalue weighted by molar-refractivity contribution is -0.122. The Kier molecular flexibility index (Phi) is 5.58. The fourth-order valence-corrected chi connectivity index (χ4v) is 1.48. The van der Waals surface area contributed by atoms with Crippen LogP contribution in [0.15, 0.2) is 24.3 Å². The van der Waals surface area contributed by atoms with E-state index in [1.165, 1.54) is 7.05 Å². The summed E-state index contributed by atoms with van der Waals surface area (Å²) in [5.74, 6) is 4.55. The third-order valence-corrected chi connectivity index (χ3v) is 2.46. The molecule has 1 unspecified atom stereocenters. The number of amides is 2. The molecule has 0 radical (unpaired) electrons. The summed E-state index contributed by atoms with van der Waals surface area (Å²) >= 11 is 0. The Labute approximate surface area is 112 Å². The topological polar surface area (TPSA) is 78.4 Å². The fraction of sp³-hybridized carbons (Fsp3) is 0.286. The lowest BCUT2D eigenvalue weighted by atomic mass is 10.1. The minimum Gasteiger partial charge on any atom is -0.384 e. The average Bonchev–Trinajstić information content (AvgIpc) is 2.44. The van der Waals surface area contributed by atoms with Crippen LogP contribution < -0.4 is 10.6 Å². The van der Waals surface area contributed by atoms with Gasteiger partial charge < -0.3 is 15.7 Å². The Morgan fingerprint density at radius 2 is 2.05 bits per heavy atom. The van der Waals surface area contributed by atoms with Gasteiger partial charge in [0.25, 0.3) is 5.91 Å². The van der Waals surface area contributed by atoms with Crippen LogP contribution in [0.5, 0.6) is 0 Å². The number of hydrogen-bond donors (Lipinski definition) is 3. The van der Waals surface area contributed by atoms with Crippen molar-refractivity contribution in [2.24, 2.45) is 0 Å². The first-order chi connectivity index (χ1) is 9.10. The molecule has 2 amide bonds. The highest BCUT2D eigenvalue weighted by molar-refractivity contribution is 5.99. The van der Waals surface area contributed by atoms with Crippen LogP contribution in [-0.2, 0) is 4.79 Å². The molecule has 1 aromatic carbocycles. The highest BCUT2D eigenvalue weighted by Gasteiger charge is 2.16. The molecule has 1 rings (SSSR count). The van der Waals surface area contributed by atoms with Crippen LogP contribution in [0, 0.1) is 11.8 Å². The molecular weight excluding hydrogens is 244 g/mol. The highest BCUT2D eigenvalue weighted by atomic mass is 16.2. The maximum absolute atomic E-state index is 12.0. The third-order valence-electron chi connectivity index (χ3n) is 2.46. The lowest BCUT2D eigenvalue weighted by Crippen LogP contribution is -2.43. The number of hydrogen-bond acceptors (Lipinski definition) is 3. The molecule has 0 spiro atoms. The van der Waals surface area contributed by atoms with Gasteiger partial charge in [0, 0.05) is 12.6 Å². The number of carbonyl (C=O) groups is 2. The van der Waals surface area contributed by atoms with E-state index in [9.17, 15) is 9.59 Å². The van der Waals surface area contributed by atoms with E-state index in [4.69, 9.17) is 5.11 Å². The second-order valence-corrected chi connectivity index (χ2v) is 3.81. The van der Waals surface area contributed by atoms with Gasteiger partial charge in [-0.25, -0.2) is 0 Å². The molecule has 0 aromatic heterocycles. The number of aliphatic hydroxyl groups is 1. The van der Waals surface area contributed by atoms with E-state index in [2.05, 4.69) is 22.5 Å². The van der Waals surface area contributed by atoms with Crippen molar-refractivity contribution >= 4 is 11.8 Å². The molecular formula is C14H16N2O3. The summed E-state index contributed by atoms with van der Waals surface area (Å²) in [5.41, 5.74) is 0.886. The van der Waals surface area contributed by atoms with Crippen LogP contribution in [0.25, 0.3) is 0 Å². The van der Waals surface area contributed by atoms with Gasteiger partial charge in [0.05, 0.1) is 5.56 Å². The zero-order chi connectivity index (χ0) is 14.3. The van der Waals surface area contributed by atoms with Crippen LogP contribution in [0.3, 0.4) is 0 Å². The van der Waals surface area contributed by atoms with Crippen molar-refractivity contribution in [1.29, 1.82) is 0 Å². The molecule has 100 valence electrons. The molecule has 3 N–H and O–H groups in total. The summed E-state index contributed by atoms with van der Waals surface area (Å²) in [6.07, 6.45) is 0. The van der Waals surface area contributed by atoms with Crippen LogP contribution in [0.1, 0.15) is 22.8 Å². The molecule has 0 saturated heterocycles. The summed E-state index contributed by atoms with van der Waals surface area (Å²) in [4.78, 5) is 23.4. The van der Waals surface area contributed by atoms with Crippen molar-refractivity contribution in [1.82, 2.24) is 10.6 Å². The van der Waals surface area contributed by atoms with Gasteiger partial charge in [-0.2, -0.15) is 0 Å². The third kappa shape index (κ3) is 4.12. The molecule has 0 aliphatic rings. The molecule has 0 aliphatic heterocycles. The molecule has 19 heavy (non-hydrogen) atoms. The van der Waals surface area contributed by atoms with Crippen molar-refractivity contribution in [3.8, 4) is 11.8 Å². The average molecular weight is 260 g/mol. The summed E-state index contributed by atoms with van der Waals surface area (Å²) < 4.78 is 0. The van der Waals surface area contributed by atoms with Crippen LogP contribution in [0.4, 0.5) is 0 Å². The number of nitrogens with one attached hydrogen (secondary N) is 2. The number of carbonyl (C=O) groups excluding carboxylic acids is 2. The monoisotopic (exact) mass is 260 g/mol. The van der Waals surface area contributed by atoms with Gasteiger partial charge in [-0.3, -0.25) is 9.59 Å². The lowest BCUT2D eigenvalue weighted by Gasteiger charge is -2.13. The second kappa shape index (κ2) is 7.19. The van der Waals surface area contributed by atoms with Crippen molar-refractivity contribution in [2.75, 3.05) is 13.7 Å². The minimum absolute atomic E-state index is 0.271. The summed E-state index contributed by atoms with van der Waals surface area (Å²) in [5, 5.41) is 13.7. The second-order valence-electron chi connectivity index (χ2n) is 3.81. The SMILES string of the molecule is CNC(=O)C(C)NC(=O)c1ccccc1C#CCO. The maximum Gasteiger partial charge on any atom is 0.253 e. The Balaban J connectivity index is 2.91. The fourth-order valence-electron chi connectivity index (χ4n) is 1.48. The molecule has 1 atom stereocenters. The molecule has 1 aromatic rings. The predicted octanol–water partition coefficient (Wildman–Crippen LogP) is -0.105. The quantitative estimate of drug-likeness (QED) is 0.664. The Morgan fingerprint density at radius 3 is 2.68 bits per heavy atom. The van der Waals surface area contributed by atoms with Gasteiger partial charge in [0.2, 0.25) is 5.91 Å². The first-order valence-corrected chi connectivity index (χ1v) is 5.81. The van der Waals surface area contributed by atoms with Crippen molar-refractivity contribution in [3.05, 3.63) is 35.4 Å². The van der Waals surface area contributed by atoms with E-state index in [1.54, 1.807) is 31.2 Å². The molecule has 0 heterocycles. The largest absolute Gasteiger partial charge is 0.384 e. The van der Waals surface area contributed by atoms with Crippen molar-refractivity contribution in [2.45, 2.75) is 13.0 Å². The van der Waals surface area contributed by atoms with Crippen LogP contribution in [0.2, 0.25) is 0 Å². The van der Waals surface area contributed by atoms with Gasteiger partial charge in [-0.1, -0.05) is 24.0 Å². The van der Waals surface area contributed by atoms with Gasteiger partial charge in [-0.05, 0) is 19.1 Å². The summed E-state index contributed by atoms with van der Waals surface area (Å²) in [6, 6.07) is 6.13. The molecule has 0 saturated carbocycles. The Bertz CT molecular complexity index is 529.